The van der Waals surface area contributed by atoms with E-state index in [1.165, 1.54) is 6.07 Å². The average molecular weight is 237 g/mol. The largest absolute Gasteiger partial charge is 0.368 e. The lowest BCUT2D eigenvalue weighted by atomic mass is 10.3. The first-order valence-corrected chi connectivity index (χ1v) is 5.59. The molecule has 1 aliphatic heterocycles. The molecule has 0 amide bonds. The molecule has 1 aromatic carbocycles. The molecule has 14 heavy (non-hydrogen) atoms. The van der Waals surface area contributed by atoms with Crippen molar-refractivity contribution in [2.24, 2.45) is 0 Å². The Balaban J connectivity index is 2.76. The summed E-state index contributed by atoms with van der Waals surface area (Å²) in [6.07, 6.45) is 0. The number of hydrogen-bond acceptors (Lipinski definition) is 3. The van der Waals surface area contributed by atoms with E-state index in [-0.39, 0.29) is 22.3 Å². The van der Waals surface area contributed by atoms with Crippen molar-refractivity contribution in [2.45, 2.75) is 4.90 Å². The fourth-order valence-electron chi connectivity index (χ4n) is 1.23. The van der Waals surface area contributed by atoms with Crippen LogP contribution in [0.4, 0.5) is 10.1 Å². The summed E-state index contributed by atoms with van der Waals surface area (Å²) in [5.41, 5.74) is -0.0341. The predicted molar refractivity (Wildman–Crippen MR) is 50.2 cm³/mol. The van der Waals surface area contributed by atoms with Crippen LogP contribution in [0.3, 0.4) is 0 Å². The molecule has 0 unspecified atom stereocenters. The van der Waals surface area contributed by atoms with Gasteiger partial charge in [0.15, 0.2) is 0 Å². The molecule has 1 aromatic rings. The minimum Gasteiger partial charge on any atom is -0.368 e. The molecule has 0 fully saturated rings. The topological polar surface area (TPSA) is 58.2 Å². The quantitative estimate of drug-likeness (QED) is 0.710. The second-order valence-electron chi connectivity index (χ2n) is 2.76. The van der Waals surface area contributed by atoms with E-state index in [0.29, 0.717) is 0 Å². The van der Waals surface area contributed by atoms with Crippen LogP contribution in [0.1, 0.15) is 0 Å². The summed E-state index contributed by atoms with van der Waals surface area (Å²) < 4.78 is 38.2. The lowest BCUT2D eigenvalue weighted by Gasteiger charge is -2.19. The Morgan fingerprint density at radius 2 is 2.14 bits per heavy atom. The van der Waals surface area contributed by atoms with Crippen molar-refractivity contribution in [3.63, 3.8) is 0 Å². The van der Waals surface area contributed by atoms with Gasteiger partial charge in [-0.15, -0.1) is 0 Å². The standard InChI is InChI=1S/C7H6ClFN2O2S/c8-4-1-5(9)7-6(2-4)14(12,13)11-3-10-7/h1-2,10-11H,3H2. The van der Waals surface area contributed by atoms with Crippen LogP contribution in [0.2, 0.25) is 5.02 Å². The molecule has 0 atom stereocenters. The van der Waals surface area contributed by atoms with Crippen molar-refractivity contribution in [1.29, 1.82) is 0 Å². The van der Waals surface area contributed by atoms with Gasteiger partial charge >= 0.3 is 0 Å². The van der Waals surface area contributed by atoms with Gasteiger partial charge in [0.1, 0.15) is 10.7 Å². The fraction of sp³-hybridized carbons (Fsp3) is 0.143. The number of nitrogens with one attached hydrogen (secondary N) is 2. The maximum absolute atomic E-state index is 13.2. The molecule has 0 aromatic heterocycles. The van der Waals surface area contributed by atoms with Crippen LogP contribution in [0.25, 0.3) is 0 Å². The maximum atomic E-state index is 13.2. The van der Waals surface area contributed by atoms with E-state index in [1.54, 1.807) is 0 Å². The van der Waals surface area contributed by atoms with E-state index in [4.69, 9.17) is 11.6 Å². The molecule has 7 heteroatoms. The first-order valence-electron chi connectivity index (χ1n) is 3.73. The van der Waals surface area contributed by atoms with E-state index in [9.17, 15) is 12.8 Å². The second-order valence-corrected chi connectivity index (χ2v) is 4.93. The van der Waals surface area contributed by atoms with Crippen LogP contribution in [0, 0.1) is 5.82 Å². The third kappa shape index (κ3) is 1.45. The maximum Gasteiger partial charge on any atom is 0.244 e. The van der Waals surface area contributed by atoms with Gasteiger partial charge in [0.05, 0.1) is 12.4 Å². The Labute approximate surface area is 85.1 Å². The van der Waals surface area contributed by atoms with Crippen LogP contribution >= 0.6 is 11.6 Å². The Morgan fingerprint density at radius 3 is 2.86 bits per heavy atom. The number of hydrogen-bond donors (Lipinski definition) is 2. The van der Waals surface area contributed by atoms with Gasteiger partial charge in [-0.25, -0.2) is 12.8 Å². The van der Waals surface area contributed by atoms with Crippen LogP contribution < -0.4 is 10.0 Å². The minimum atomic E-state index is -3.62. The highest BCUT2D eigenvalue weighted by Crippen LogP contribution is 2.30. The van der Waals surface area contributed by atoms with E-state index in [2.05, 4.69) is 10.0 Å². The smallest absolute Gasteiger partial charge is 0.244 e. The van der Waals surface area contributed by atoms with Crippen molar-refractivity contribution in [3.8, 4) is 0 Å². The van der Waals surface area contributed by atoms with Crippen molar-refractivity contribution in [1.82, 2.24) is 4.72 Å². The van der Waals surface area contributed by atoms with E-state index >= 15 is 0 Å². The van der Waals surface area contributed by atoms with Crippen LogP contribution in [-0.4, -0.2) is 15.1 Å². The van der Waals surface area contributed by atoms with Gasteiger partial charge in [-0.2, -0.15) is 4.72 Å². The molecule has 4 nitrogen and oxygen atoms in total. The molecule has 1 heterocycles. The molecule has 0 bridgehead atoms. The highest BCUT2D eigenvalue weighted by atomic mass is 35.5. The average Bonchev–Trinajstić information content (AvgIpc) is 2.06. The molecular weight excluding hydrogens is 231 g/mol. The summed E-state index contributed by atoms with van der Waals surface area (Å²) in [4.78, 5) is -0.159. The third-order valence-electron chi connectivity index (χ3n) is 1.84. The summed E-state index contributed by atoms with van der Waals surface area (Å²) in [5, 5.41) is 2.64. The van der Waals surface area contributed by atoms with Gasteiger partial charge in [0, 0.05) is 5.02 Å². The zero-order valence-corrected chi connectivity index (χ0v) is 8.41. The van der Waals surface area contributed by atoms with Crippen LogP contribution in [-0.2, 0) is 10.0 Å². The normalized spacial score (nSPS) is 18.4. The molecule has 0 aliphatic carbocycles. The monoisotopic (exact) mass is 236 g/mol. The molecule has 0 spiro atoms. The van der Waals surface area contributed by atoms with Gasteiger partial charge in [-0.1, -0.05) is 11.6 Å². The lowest BCUT2D eigenvalue weighted by molar-refractivity contribution is 0.575. The molecule has 2 rings (SSSR count). The summed E-state index contributed by atoms with van der Waals surface area (Å²) in [6.45, 7) is -0.0200. The Morgan fingerprint density at radius 1 is 1.43 bits per heavy atom. The van der Waals surface area contributed by atoms with Gasteiger partial charge in [-0.05, 0) is 12.1 Å². The minimum absolute atomic E-state index is 0.0200. The number of sulfonamides is 1. The van der Waals surface area contributed by atoms with Crippen LogP contribution in [0.5, 0.6) is 0 Å². The third-order valence-corrected chi connectivity index (χ3v) is 3.48. The fourth-order valence-corrected chi connectivity index (χ4v) is 2.64. The number of benzene rings is 1. The SMILES string of the molecule is O=S1(=O)NCNc2c(F)cc(Cl)cc21. The second kappa shape index (κ2) is 3.08. The predicted octanol–water partition coefficient (Wildman–Crippen LogP) is 1.14. The summed E-state index contributed by atoms with van der Waals surface area (Å²) >= 11 is 5.55. The van der Waals surface area contributed by atoms with Gasteiger partial charge < -0.3 is 5.32 Å². The summed E-state index contributed by atoms with van der Waals surface area (Å²) in [7, 11) is -3.62. The van der Waals surface area contributed by atoms with Crippen molar-refractivity contribution in [2.75, 3.05) is 12.0 Å². The molecule has 0 saturated carbocycles. The molecule has 1 aliphatic rings. The van der Waals surface area contributed by atoms with Crippen molar-refractivity contribution in [3.05, 3.63) is 23.0 Å². The van der Waals surface area contributed by atoms with Gasteiger partial charge in [0.2, 0.25) is 10.0 Å². The Bertz CT molecular complexity index is 489. The number of anilines is 1. The first kappa shape index (κ1) is 9.70. The molecule has 0 radical (unpaired) electrons. The summed E-state index contributed by atoms with van der Waals surface area (Å²) in [5.74, 6) is -0.669. The number of halogens is 2. The van der Waals surface area contributed by atoms with Crippen molar-refractivity contribution < 1.29 is 12.8 Å². The highest BCUT2D eigenvalue weighted by Gasteiger charge is 2.25. The molecule has 2 N–H and O–H groups in total. The van der Waals surface area contributed by atoms with Crippen LogP contribution in [0.15, 0.2) is 17.0 Å². The molecule has 0 saturated heterocycles. The summed E-state index contributed by atoms with van der Waals surface area (Å²) in [6, 6.07) is 2.27. The van der Waals surface area contributed by atoms with Gasteiger partial charge in [0.25, 0.3) is 0 Å². The highest BCUT2D eigenvalue weighted by molar-refractivity contribution is 7.89. The number of rotatable bonds is 0. The molecule has 76 valence electrons. The first-order chi connectivity index (χ1) is 6.50. The van der Waals surface area contributed by atoms with E-state index in [0.717, 1.165) is 6.07 Å². The zero-order valence-electron chi connectivity index (χ0n) is 6.84. The number of fused-ring (bicyclic) bond motifs is 1. The lowest BCUT2D eigenvalue weighted by Crippen LogP contribution is -2.35. The van der Waals surface area contributed by atoms with E-state index < -0.39 is 15.8 Å². The van der Waals surface area contributed by atoms with Crippen molar-refractivity contribution >= 4 is 27.3 Å². The Kier molecular flexibility index (Phi) is 2.13. The van der Waals surface area contributed by atoms with Gasteiger partial charge in [-0.3, -0.25) is 0 Å². The molecular formula is C7H6ClFN2O2S. The Hall–Kier alpha value is -0.850. The van der Waals surface area contributed by atoms with E-state index in [1.807, 2.05) is 0 Å². The zero-order chi connectivity index (χ0) is 10.3.